The van der Waals surface area contributed by atoms with Gasteiger partial charge in [0.1, 0.15) is 11.6 Å². The fourth-order valence-electron chi connectivity index (χ4n) is 1.86. The van der Waals surface area contributed by atoms with E-state index in [-0.39, 0.29) is 11.7 Å². The standard InChI is InChI=1S/C15H19N3O2S/c1-12-16-8-10-18(12)9-2-7-17-15(20)11-21-14-5-3-13(19)4-6-14/h3-6,8,10,19H,2,7,9,11H2,1H3,(H,17,20). The van der Waals surface area contributed by atoms with Crippen molar-refractivity contribution >= 4 is 17.7 Å². The van der Waals surface area contributed by atoms with E-state index in [2.05, 4.69) is 14.9 Å². The molecule has 0 bridgehead atoms. The highest BCUT2D eigenvalue weighted by molar-refractivity contribution is 8.00. The van der Waals surface area contributed by atoms with Crippen molar-refractivity contribution in [3.8, 4) is 5.75 Å². The third kappa shape index (κ3) is 5.15. The molecular formula is C15H19N3O2S. The van der Waals surface area contributed by atoms with Crippen LogP contribution in [0.4, 0.5) is 0 Å². The number of hydrogen-bond acceptors (Lipinski definition) is 4. The minimum absolute atomic E-state index is 0.0235. The molecule has 6 heteroatoms. The van der Waals surface area contributed by atoms with E-state index in [0.717, 1.165) is 23.7 Å². The Morgan fingerprint density at radius 1 is 1.38 bits per heavy atom. The van der Waals surface area contributed by atoms with Gasteiger partial charge in [0.2, 0.25) is 5.91 Å². The molecule has 5 nitrogen and oxygen atoms in total. The van der Waals surface area contributed by atoms with Crippen LogP contribution in [-0.4, -0.2) is 32.9 Å². The Hall–Kier alpha value is -1.95. The summed E-state index contributed by atoms with van der Waals surface area (Å²) in [6.45, 7) is 3.48. The number of aromatic nitrogens is 2. The summed E-state index contributed by atoms with van der Waals surface area (Å²) in [6.07, 6.45) is 4.60. The first-order valence-electron chi connectivity index (χ1n) is 6.81. The average molecular weight is 305 g/mol. The molecule has 0 atom stereocenters. The average Bonchev–Trinajstić information content (AvgIpc) is 2.88. The van der Waals surface area contributed by atoms with Gasteiger partial charge in [-0.2, -0.15) is 0 Å². The lowest BCUT2D eigenvalue weighted by Gasteiger charge is -2.07. The number of benzene rings is 1. The molecule has 0 fully saturated rings. The molecule has 0 unspecified atom stereocenters. The van der Waals surface area contributed by atoms with E-state index in [9.17, 15) is 9.90 Å². The van der Waals surface area contributed by atoms with Gasteiger partial charge in [-0.15, -0.1) is 11.8 Å². The number of aryl methyl sites for hydroxylation is 2. The van der Waals surface area contributed by atoms with Gasteiger partial charge in [0.25, 0.3) is 0 Å². The lowest BCUT2D eigenvalue weighted by Crippen LogP contribution is -2.26. The highest BCUT2D eigenvalue weighted by Gasteiger charge is 2.03. The van der Waals surface area contributed by atoms with Gasteiger partial charge in [-0.3, -0.25) is 4.79 Å². The smallest absolute Gasteiger partial charge is 0.230 e. The zero-order chi connectivity index (χ0) is 15.1. The molecule has 0 saturated carbocycles. The first-order valence-corrected chi connectivity index (χ1v) is 7.80. The van der Waals surface area contributed by atoms with E-state index in [4.69, 9.17) is 0 Å². The first-order chi connectivity index (χ1) is 10.1. The van der Waals surface area contributed by atoms with E-state index >= 15 is 0 Å². The van der Waals surface area contributed by atoms with Gasteiger partial charge in [0, 0.05) is 30.4 Å². The van der Waals surface area contributed by atoms with Crippen molar-refractivity contribution < 1.29 is 9.90 Å². The molecular weight excluding hydrogens is 286 g/mol. The Morgan fingerprint density at radius 3 is 2.81 bits per heavy atom. The van der Waals surface area contributed by atoms with Crippen molar-refractivity contribution in [1.82, 2.24) is 14.9 Å². The lowest BCUT2D eigenvalue weighted by molar-refractivity contribution is -0.118. The Balaban J connectivity index is 1.61. The van der Waals surface area contributed by atoms with Crippen molar-refractivity contribution in [3.63, 3.8) is 0 Å². The monoisotopic (exact) mass is 305 g/mol. The van der Waals surface area contributed by atoms with Gasteiger partial charge in [-0.1, -0.05) is 0 Å². The van der Waals surface area contributed by atoms with Crippen LogP contribution in [0.15, 0.2) is 41.6 Å². The highest BCUT2D eigenvalue weighted by atomic mass is 32.2. The van der Waals surface area contributed by atoms with Crippen molar-refractivity contribution in [2.45, 2.75) is 24.8 Å². The predicted molar refractivity (Wildman–Crippen MR) is 83.4 cm³/mol. The quantitative estimate of drug-likeness (QED) is 0.608. The summed E-state index contributed by atoms with van der Waals surface area (Å²) in [5, 5.41) is 12.1. The van der Waals surface area contributed by atoms with Crippen LogP contribution in [0.5, 0.6) is 5.75 Å². The van der Waals surface area contributed by atoms with Crippen LogP contribution in [0.25, 0.3) is 0 Å². The predicted octanol–water partition coefficient (Wildman–Crippen LogP) is 2.20. The topological polar surface area (TPSA) is 67.2 Å². The third-order valence-electron chi connectivity index (χ3n) is 3.03. The first kappa shape index (κ1) is 15.4. The molecule has 112 valence electrons. The minimum Gasteiger partial charge on any atom is -0.508 e. The molecule has 1 aromatic carbocycles. The Morgan fingerprint density at radius 2 is 2.14 bits per heavy atom. The molecule has 0 radical (unpaired) electrons. The van der Waals surface area contributed by atoms with Crippen molar-refractivity contribution in [2.75, 3.05) is 12.3 Å². The van der Waals surface area contributed by atoms with Crippen LogP contribution in [-0.2, 0) is 11.3 Å². The molecule has 0 aliphatic rings. The number of imidazole rings is 1. The lowest BCUT2D eigenvalue weighted by atomic mass is 10.3. The molecule has 2 N–H and O–H groups in total. The van der Waals surface area contributed by atoms with Crippen molar-refractivity contribution in [1.29, 1.82) is 0 Å². The second-order valence-corrected chi connectivity index (χ2v) is 5.70. The molecule has 0 saturated heterocycles. The number of thioether (sulfide) groups is 1. The Labute approximate surface area is 128 Å². The number of aromatic hydroxyl groups is 1. The second-order valence-electron chi connectivity index (χ2n) is 4.65. The molecule has 2 aromatic rings. The van der Waals surface area contributed by atoms with E-state index in [1.165, 1.54) is 11.8 Å². The summed E-state index contributed by atoms with van der Waals surface area (Å²) in [7, 11) is 0. The van der Waals surface area contributed by atoms with Gasteiger partial charge in [-0.25, -0.2) is 4.98 Å². The number of carbonyl (C=O) groups is 1. The van der Waals surface area contributed by atoms with Gasteiger partial charge in [0.15, 0.2) is 0 Å². The fourth-order valence-corrected chi connectivity index (χ4v) is 2.59. The maximum Gasteiger partial charge on any atom is 0.230 e. The summed E-state index contributed by atoms with van der Waals surface area (Å²) in [4.78, 5) is 16.8. The maximum atomic E-state index is 11.7. The summed E-state index contributed by atoms with van der Waals surface area (Å²) in [6, 6.07) is 6.84. The SMILES string of the molecule is Cc1nccn1CCCNC(=O)CSc1ccc(O)cc1. The summed E-state index contributed by atoms with van der Waals surface area (Å²) in [5.41, 5.74) is 0. The molecule has 0 aliphatic heterocycles. The molecule has 0 spiro atoms. The number of carbonyl (C=O) groups excluding carboxylic acids is 1. The normalized spacial score (nSPS) is 10.5. The minimum atomic E-state index is 0.0235. The second kappa shape index (κ2) is 7.73. The number of hydrogen-bond donors (Lipinski definition) is 2. The van der Waals surface area contributed by atoms with Crippen molar-refractivity contribution in [3.05, 3.63) is 42.5 Å². The Kier molecular flexibility index (Phi) is 5.68. The summed E-state index contributed by atoms with van der Waals surface area (Å²) >= 11 is 1.46. The van der Waals surface area contributed by atoms with Gasteiger partial charge in [0.05, 0.1) is 5.75 Å². The van der Waals surface area contributed by atoms with Crippen LogP contribution in [0.1, 0.15) is 12.2 Å². The van der Waals surface area contributed by atoms with Gasteiger partial charge >= 0.3 is 0 Å². The summed E-state index contributed by atoms with van der Waals surface area (Å²) in [5.74, 6) is 1.63. The number of rotatable bonds is 7. The summed E-state index contributed by atoms with van der Waals surface area (Å²) < 4.78 is 2.07. The molecule has 2 rings (SSSR count). The third-order valence-corrected chi connectivity index (χ3v) is 4.04. The molecule has 0 aliphatic carbocycles. The molecule has 21 heavy (non-hydrogen) atoms. The van der Waals surface area contributed by atoms with Gasteiger partial charge in [-0.05, 0) is 37.6 Å². The molecule has 1 aromatic heterocycles. The number of nitrogens with one attached hydrogen (secondary N) is 1. The zero-order valence-electron chi connectivity index (χ0n) is 12.0. The van der Waals surface area contributed by atoms with Crippen LogP contribution >= 0.6 is 11.8 Å². The van der Waals surface area contributed by atoms with Crippen LogP contribution < -0.4 is 5.32 Å². The highest BCUT2D eigenvalue weighted by Crippen LogP contribution is 2.20. The van der Waals surface area contributed by atoms with Crippen molar-refractivity contribution in [2.24, 2.45) is 0 Å². The number of amides is 1. The number of phenolic OH excluding ortho intramolecular Hbond substituents is 1. The number of nitrogens with zero attached hydrogens (tertiary/aromatic N) is 2. The fraction of sp³-hybridized carbons (Fsp3) is 0.333. The number of phenols is 1. The largest absolute Gasteiger partial charge is 0.508 e. The van der Waals surface area contributed by atoms with E-state index < -0.39 is 0 Å². The molecule has 1 amide bonds. The maximum absolute atomic E-state index is 11.7. The van der Waals surface area contributed by atoms with Crippen LogP contribution in [0.2, 0.25) is 0 Å². The van der Waals surface area contributed by atoms with Crippen LogP contribution in [0, 0.1) is 6.92 Å². The van der Waals surface area contributed by atoms with E-state index in [1.54, 1.807) is 30.5 Å². The van der Waals surface area contributed by atoms with Crippen LogP contribution in [0.3, 0.4) is 0 Å². The molecule has 1 heterocycles. The van der Waals surface area contributed by atoms with Gasteiger partial charge < -0.3 is 15.0 Å². The zero-order valence-corrected chi connectivity index (χ0v) is 12.8. The Bertz CT molecular complexity index is 581. The van der Waals surface area contributed by atoms with E-state index in [0.29, 0.717) is 12.3 Å². The van der Waals surface area contributed by atoms with E-state index in [1.807, 2.05) is 13.1 Å².